The first kappa shape index (κ1) is 23.2. The van der Waals surface area contributed by atoms with E-state index in [1.165, 1.54) is 18.2 Å². The van der Waals surface area contributed by atoms with E-state index in [1.54, 1.807) is 4.72 Å². The second-order valence-corrected chi connectivity index (χ2v) is 10.3. The molecule has 0 aromatic heterocycles. The van der Waals surface area contributed by atoms with Gasteiger partial charge in [-0.25, -0.2) is 30.0 Å². The van der Waals surface area contributed by atoms with E-state index in [4.69, 9.17) is 23.2 Å². The molecule has 2 N–H and O–H groups in total. The van der Waals surface area contributed by atoms with Crippen molar-refractivity contribution >= 4 is 54.6 Å². The molecule has 3 aromatic rings. The van der Waals surface area contributed by atoms with Crippen LogP contribution in [0, 0.1) is 17.5 Å². The first-order chi connectivity index (χ1) is 14.4. The lowest BCUT2D eigenvalue weighted by molar-refractivity contribution is 0.499. The summed E-state index contributed by atoms with van der Waals surface area (Å²) >= 11 is 11.6. The van der Waals surface area contributed by atoms with Crippen molar-refractivity contribution in [2.45, 2.75) is 9.79 Å². The fourth-order valence-electron chi connectivity index (χ4n) is 2.41. The SMILES string of the molecule is O=S(=O)(Nc1ccc(S(=O)(=O)Nc2c(F)ccc(F)c2F)cc1)c1cc(Cl)cc(Cl)c1. The summed E-state index contributed by atoms with van der Waals surface area (Å²) in [4.78, 5) is -0.676. The topological polar surface area (TPSA) is 92.3 Å². The molecular weight excluding hydrogens is 500 g/mol. The molecule has 0 heterocycles. The minimum Gasteiger partial charge on any atom is -0.280 e. The molecule has 0 unspecified atom stereocenters. The van der Waals surface area contributed by atoms with Gasteiger partial charge < -0.3 is 0 Å². The summed E-state index contributed by atoms with van der Waals surface area (Å²) in [5, 5.41) is 0.189. The van der Waals surface area contributed by atoms with Crippen molar-refractivity contribution in [1.82, 2.24) is 0 Å². The normalized spacial score (nSPS) is 11.9. The summed E-state index contributed by atoms with van der Waals surface area (Å²) in [6.07, 6.45) is 0. The van der Waals surface area contributed by atoms with E-state index < -0.39 is 48.1 Å². The van der Waals surface area contributed by atoms with Crippen LogP contribution in [-0.4, -0.2) is 16.8 Å². The predicted octanol–water partition coefficient (Wildman–Crippen LogP) is 5.01. The molecule has 3 aromatic carbocycles. The van der Waals surface area contributed by atoms with Gasteiger partial charge in [0.25, 0.3) is 20.0 Å². The number of benzene rings is 3. The molecule has 0 aliphatic carbocycles. The lowest BCUT2D eigenvalue weighted by Gasteiger charge is -2.12. The van der Waals surface area contributed by atoms with Crippen LogP contribution < -0.4 is 9.44 Å². The maximum absolute atomic E-state index is 13.7. The molecular formula is C18H11Cl2F3N2O4S2. The van der Waals surface area contributed by atoms with E-state index in [0.717, 1.165) is 24.3 Å². The van der Waals surface area contributed by atoms with Gasteiger partial charge in [-0.05, 0) is 54.6 Å². The molecule has 0 spiro atoms. The molecule has 0 amide bonds. The van der Waals surface area contributed by atoms with Crippen LogP contribution in [-0.2, 0) is 20.0 Å². The molecule has 0 aliphatic heterocycles. The molecule has 0 saturated carbocycles. The van der Waals surface area contributed by atoms with Gasteiger partial charge in [-0.3, -0.25) is 9.44 Å². The minimum absolute atomic E-state index is 0.0156. The van der Waals surface area contributed by atoms with E-state index >= 15 is 0 Å². The van der Waals surface area contributed by atoms with Crippen LogP contribution in [0.5, 0.6) is 0 Å². The van der Waals surface area contributed by atoms with Gasteiger partial charge in [0.05, 0.1) is 9.79 Å². The Hall–Kier alpha value is -2.47. The standard InChI is InChI=1S/C18H11Cl2F3N2O4S2/c19-10-7-11(20)9-14(8-10)31(28,29)24-12-1-3-13(4-2-12)30(26,27)25-18-16(22)6-5-15(21)17(18)23/h1-9,24-25H. The smallest absolute Gasteiger partial charge is 0.262 e. The van der Waals surface area contributed by atoms with E-state index in [-0.39, 0.29) is 20.6 Å². The molecule has 6 nitrogen and oxygen atoms in total. The van der Waals surface area contributed by atoms with Crippen LogP contribution in [0.25, 0.3) is 0 Å². The Bertz CT molecular complexity index is 1350. The average molecular weight is 511 g/mol. The fraction of sp³-hybridized carbons (Fsp3) is 0. The monoisotopic (exact) mass is 510 g/mol. The highest BCUT2D eigenvalue weighted by Crippen LogP contribution is 2.27. The van der Waals surface area contributed by atoms with Crippen LogP contribution in [0.2, 0.25) is 10.0 Å². The Balaban J connectivity index is 1.85. The Morgan fingerprint density at radius 2 is 1.16 bits per heavy atom. The Kier molecular flexibility index (Phi) is 6.42. The number of nitrogens with one attached hydrogen (secondary N) is 2. The molecule has 13 heteroatoms. The van der Waals surface area contributed by atoms with Crippen molar-refractivity contribution in [1.29, 1.82) is 0 Å². The summed E-state index contributed by atoms with van der Waals surface area (Å²) in [5.41, 5.74) is -1.19. The second-order valence-electron chi connectivity index (χ2n) is 6.06. The highest BCUT2D eigenvalue weighted by atomic mass is 35.5. The van der Waals surface area contributed by atoms with Gasteiger partial charge in [-0.2, -0.15) is 0 Å². The lowest BCUT2D eigenvalue weighted by Crippen LogP contribution is -2.16. The maximum atomic E-state index is 13.7. The fourth-order valence-corrected chi connectivity index (χ4v) is 5.27. The zero-order valence-corrected chi connectivity index (χ0v) is 18.2. The first-order valence-corrected chi connectivity index (χ1v) is 11.9. The Morgan fingerprint density at radius 1 is 0.645 bits per heavy atom. The Labute approximate surface area is 185 Å². The predicted molar refractivity (Wildman–Crippen MR) is 111 cm³/mol. The zero-order valence-electron chi connectivity index (χ0n) is 15.0. The highest BCUT2D eigenvalue weighted by Gasteiger charge is 2.22. The molecule has 31 heavy (non-hydrogen) atoms. The van der Waals surface area contributed by atoms with Gasteiger partial charge in [-0.15, -0.1) is 0 Å². The molecule has 0 aliphatic rings. The number of hydrogen-bond donors (Lipinski definition) is 2. The van der Waals surface area contributed by atoms with Gasteiger partial charge in [0, 0.05) is 15.7 Å². The number of sulfonamides is 2. The zero-order chi connectivity index (χ0) is 23.0. The van der Waals surface area contributed by atoms with Crippen molar-refractivity contribution in [3.8, 4) is 0 Å². The minimum atomic E-state index is -4.51. The summed E-state index contributed by atoms with van der Waals surface area (Å²) in [6.45, 7) is 0. The molecule has 3 rings (SSSR count). The lowest BCUT2D eigenvalue weighted by atomic mass is 10.3. The molecule has 0 atom stereocenters. The molecule has 0 fully saturated rings. The van der Waals surface area contributed by atoms with Crippen molar-refractivity contribution in [2.24, 2.45) is 0 Å². The summed E-state index contributed by atoms with van der Waals surface area (Å²) in [6, 6.07) is 8.95. The van der Waals surface area contributed by atoms with Gasteiger partial charge in [0.15, 0.2) is 17.5 Å². The molecule has 0 saturated heterocycles. The first-order valence-electron chi connectivity index (χ1n) is 8.14. The van der Waals surface area contributed by atoms with Crippen molar-refractivity contribution in [3.63, 3.8) is 0 Å². The number of anilines is 2. The number of halogens is 5. The summed E-state index contributed by atoms with van der Waals surface area (Å²) in [7, 11) is -8.60. The molecule has 0 radical (unpaired) electrons. The van der Waals surface area contributed by atoms with Crippen molar-refractivity contribution in [2.75, 3.05) is 9.44 Å². The third-order valence-electron chi connectivity index (χ3n) is 3.84. The largest absolute Gasteiger partial charge is 0.280 e. The Morgan fingerprint density at radius 3 is 1.74 bits per heavy atom. The summed E-state index contributed by atoms with van der Waals surface area (Å²) < 4.78 is 94.2. The van der Waals surface area contributed by atoms with Crippen LogP contribution in [0.4, 0.5) is 24.5 Å². The van der Waals surface area contributed by atoms with Crippen molar-refractivity contribution in [3.05, 3.63) is 82.1 Å². The van der Waals surface area contributed by atoms with E-state index in [1.807, 2.05) is 0 Å². The number of hydrogen-bond acceptors (Lipinski definition) is 4. The second kappa shape index (κ2) is 8.58. The van der Waals surface area contributed by atoms with Gasteiger partial charge in [0.1, 0.15) is 5.69 Å². The molecule has 0 bridgehead atoms. The summed E-state index contributed by atoms with van der Waals surface area (Å²) in [5.74, 6) is -4.45. The van der Waals surface area contributed by atoms with Crippen LogP contribution in [0.3, 0.4) is 0 Å². The van der Waals surface area contributed by atoms with E-state index in [9.17, 15) is 30.0 Å². The molecule has 164 valence electrons. The van der Waals surface area contributed by atoms with Gasteiger partial charge in [-0.1, -0.05) is 23.2 Å². The van der Waals surface area contributed by atoms with E-state index in [0.29, 0.717) is 12.1 Å². The van der Waals surface area contributed by atoms with Crippen LogP contribution in [0.1, 0.15) is 0 Å². The maximum Gasteiger partial charge on any atom is 0.262 e. The third kappa shape index (κ3) is 5.24. The van der Waals surface area contributed by atoms with E-state index in [2.05, 4.69) is 4.72 Å². The van der Waals surface area contributed by atoms with Crippen LogP contribution >= 0.6 is 23.2 Å². The number of rotatable bonds is 6. The van der Waals surface area contributed by atoms with Gasteiger partial charge in [0.2, 0.25) is 0 Å². The van der Waals surface area contributed by atoms with Crippen molar-refractivity contribution < 1.29 is 30.0 Å². The highest BCUT2D eigenvalue weighted by molar-refractivity contribution is 7.93. The van der Waals surface area contributed by atoms with Crippen LogP contribution in [0.15, 0.2) is 64.4 Å². The third-order valence-corrected chi connectivity index (χ3v) is 7.01. The average Bonchev–Trinajstić information content (AvgIpc) is 2.68. The quantitative estimate of drug-likeness (QED) is 0.455. The van der Waals surface area contributed by atoms with Gasteiger partial charge >= 0.3 is 0 Å².